The molecular formula is C23H25N9O. The van der Waals surface area contributed by atoms with Crippen LogP contribution in [0.1, 0.15) is 47.7 Å². The number of H-pyrrole nitrogens is 1. The quantitative estimate of drug-likeness (QED) is 0.420. The number of fused-ring (bicyclic) bond motifs is 1. The first-order valence-electron chi connectivity index (χ1n) is 11.4. The van der Waals surface area contributed by atoms with E-state index >= 15 is 0 Å². The van der Waals surface area contributed by atoms with Crippen LogP contribution in [0.3, 0.4) is 0 Å². The van der Waals surface area contributed by atoms with Gasteiger partial charge in [-0.2, -0.15) is 10.1 Å². The number of pyridine rings is 1. The molecule has 5 heterocycles. The molecule has 10 nitrogen and oxygen atoms in total. The van der Waals surface area contributed by atoms with E-state index in [2.05, 4.69) is 36.8 Å². The predicted octanol–water partition coefficient (Wildman–Crippen LogP) is 2.87. The number of anilines is 3. The van der Waals surface area contributed by atoms with E-state index in [9.17, 15) is 4.79 Å². The Labute approximate surface area is 190 Å². The molecule has 168 valence electrons. The third-order valence-electron chi connectivity index (χ3n) is 6.28. The highest BCUT2D eigenvalue weighted by molar-refractivity contribution is 5.94. The molecule has 0 bridgehead atoms. The third kappa shape index (κ3) is 4.11. The second kappa shape index (κ2) is 8.19. The van der Waals surface area contributed by atoms with Gasteiger partial charge < -0.3 is 15.5 Å². The lowest BCUT2D eigenvalue weighted by molar-refractivity contribution is 0.0931. The van der Waals surface area contributed by atoms with Crippen LogP contribution in [0.15, 0.2) is 48.9 Å². The van der Waals surface area contributed by atoms with Crippen molar-refractivity contribution < 1.29 is 4.79 Å². The number of hydrogen-bond acceptors (Lipinski definition) is 7. The van der Waals surface area contributed by atoms with E-state index < -0.39 is 0 Å². The lowest BCUT2D eigenvalue weighted by Crippen LogP contribution is -2.45. The number of amides is 1. The molecule has 4 aromatic rings. The molecule has 2 aliphatic rings. The Balaban J connectivity index is 1.15. The highest BCUT2D eigenvalue weighted by Gasteiger charge is 2.27. The Morgan fingerprint density at radius 1 is 1.09 bits per heavy atom. The molecule has 3 N–H and O–H groups in total. The van der Waals surface area contributed by atoms with Gasteiger partial charge in [0.15, 0.2) is 5.82 Å². The third-order valence-corrected chi connectivity index (χ3v) is 6.28. The van der Waals surface area contributed by atoms with Gasteiger partial charge in [-0.05, 0) is 49.9 Å². The van der Waals surface area contributed by atoms with Crippen LogP contribution >= 0.6 is 0 Å². The van der Waals surface area contributed by atoms with Crippen molar-refractivity contribution in [2.75, 3.05) is 23.3 Å². The average molecular weight is 444 g/mol. The van der Waals surface area contributed by atoms with Crippen LogP contribution < -0.4 is 15.5 Å². The van der Waals surface area contributed by atoms with Gasteiger partial charge in [0.2, 0.25) is 5.95 Å². The van der Waals surface area contributed by atoms with Gasteiger partial charge >= 0.3 is 0 Å². The normalized spacial score (nSPS) is 16.8. The summed E-state index contributed by atoms with van der Waals surface area (Å²) in [5.41, 5.74) is 2.64. The van der Waals surface area contributed by atoms with Crippen molar-refractivity contribution >= 4 is 29.0 Å². The second-order valence-electron chi connectivity index (χ2n) is 8.67. The molecule has 0 atom stereocenters. The summed E-state index contributed by atoms with van der Waals surface area (Å²) in [5, 5.41) is 18.7. The van der Waals surface area contributed by atoms with E-state index in [1.807, 2.05) is 22.8 Å². The van der Waals surface area contributed by atoms with E-state index in [-0.39, 0.29) is 11.9 Å². The molecule has 1 aliphatic heterocycles. The monoisotopic (exact) mass is 443 g/mol. The van der Waals surface area contributed by atoms with Gasteiger partial charge in [-0.15, -0.1) is 5.10 Å². The number of nitrogens with zero attached hydrogens (tertiary/aromatic N) is 6. The van der Waals surface area contributed by atoms with E-state index in [1.54, 1.807) is 24.5 Å². The SMILES string of the molecule is O=C(NC1CCN(c2nc(Nc3cc(C4CC4)n[nH]3)c3cccn3n2)CC1)c1ccncc1. The van der Waals surface area contributed by atoms with Gasteiger partial charge in [-0.25, -0.2) is 4.52 Å². The molecule has 10 heteroatoms. The van der Waals surface area contributed by atoms with E-state index in [0.29, 0.717) is 17.4 Å². The number of nitrogens with one attached hydrogen (secondary N) is 3. The summed E-state index contributed by atoms with van der Waals surface area (Å²) >= 11 is 0. The molecule has 0 radical (unpaired) electrons. The molecular weight excluding hydrogens is 418 g/mol. The number of carbonyl (C=O) groups is 1. The standard InChI is InChI=1S/C23H25N9O/c33-22(16-5-9-24-10-6-16)25-17-7-12-31(13-8-17)23-27-21(19-2-1-11-32(19)30-23)26-20-14-18(28-29-20)15-3-4-15/h1-2,5-6,9-11,14-15,17H,3-4,7-8,12-13H2,(H,25,33)(H2,26,27,28,29,30). The van der Waals surface area contributed by atoms with Crippen molar-refractivity contribution in [2.45, 2.75) is 37.6 Å². The van der Waals surface area contributed by atoms with Crippen molar-refractivity contribution in [3.05, 3.63) is 60.2 Å². The summed E-state index contributed by atoms with van der Waals surface area (Å²) in [6, 6.07) is 9.60. The van der Waals surface area contributed by atoms with Gasteiger partial charge in [-0.3, -0.25) is 14.9 Å². The molecule has 33 heavy (non-hydrogen) atoms. The maximum atomic E-state index is 12.5. The van der Waals surface area contributed by atoms with Gasteiger partial charge in [0.1, 0.15) is 11.3 Å². The molecule has 1 saturated carbocycles. The minimum absolute atomic E-state index is 0.0579. The van der Waals surface area contributed by atoms with Crippen molar-refractivity contribution in [1.29, 1.82) is 0 Å². The molecule has 4 aromatic heterocycles. The fourth-order valence-corrected chi connectivity index (χ4v) is 4.26. The van der Waals surface area contributed by atoms with Gasteiger partial charge in [-0.1, -0.05) is 0 Å². The first-order valence-corrected chi connectivity index (χ1v) is 11.4. The Kier molecular flexibility index (Phi) is 4.89. The minimum Gasteiger partial charge on any atom is -0.349 e. The van der Waals surface area contributed by atoms with Crippen LogP contribution in [0.4, 0.5) is 17.6 Å². The van der Waals surface area contributed by atoms with E-state index in [4.69, 9.17) is 10.1 Å². The summed E-state index contributed by atoms with van der Waals surface area (Å²) < 4.78 is 1.85. The molecule has 0 spiro atoms. The summed E-state index contributed by atoms with van der Waals surface area (Å²) in [4.78, 5) is 23.4. The number of aromatic nitrogens is 6. The Morgan fingerprint density at radius 2 is 1.91 bits per heavy atom. The van der Waals surface area contributed by atoms with Crippen LogP contribution in [0.2, 0.25) is 0 Å². The lowest BCUT2D eigenvalue weighted by Gasteiger charge is -2.32. The molecule has 6 rings (SSSR count). The summed E-state index contributed by atoms with van der Waals surface area (Å²) in [6.07, 6.45) is 9.28. The molecule has 0 unspecified atom stereocenters. The van der Waals surface area contributed by atoms with Crippen molar-refractivity contribution in [3.63, 3.8) is 0 Å². The largest absolute Gasteiger partial charge is 0.349 e. The fourth-order valence-electron chi connectivity index (χ4n) is 4.26. The fraction of sp³-hybridized carbons (Fsp3) is 0.348. The smallest absolute Gasteiger partial charge is 0.251 e. The van der Waals surface area contributed by atoms with Gasteiger partial charge in [0.05, 0.1) is 5.69 Å². The van der Waals surface area contributed by atoms with Gasteiger partial charge in [0, 0.05) is 55.3 Å². The molecule has 2 fully saturated rings. The first-order chi connectivity index (χ1) is 16.2. The zero-order valence-corrected chi connectivity index (χ0v) is 18.1. The second-order valence-corrected chi connectivity index (χ2v) is 8.67. The highest BCUT2D eigenvalue weighted by Crippen LogP contribution is 2.39. The maximum absolute atomic E-state index is 12.5. The van der Waals surface area contributed by atoms with Crippen LogP contribution in [0.5, 0.6) is 0 Å². The van der Waals surface area contributed by atoms with Crippen LogP contribution in [-0.2, 0) is 0 Å². The Bertz CT molecular complexity index is 1270. The number of piperidine rings is 1. The minimum atomic E-state index is -0.0579. The van der Waals surface area contributed by atoms with Crippen molar-refractivity contribution in [2.24, 2.45) is 0 Å². The lowest BCUT2D eigenvalue weighted by atomic mass is 10.0. The zero-order chi connectivity index (χ0) is 22.2. The topological polar surface area (TPSA) is 116 Å². The summed E-state index contributed by atoms with van der Waals surface area (Å²) in [7, 11) is 0. The summed E-state index contributed by atoms with van der Waals surface area (Å²) in [5.74, 6) is 2.78. The molecule has 1 aliphatic carbocycles. The number of aromatic amines is 1. The van der Waals surface area contributed by atoms with Crippen molar-refractivity contribution in [1.82, 2.24) is 35.1 Å². The number of rotatable bonds is 6. The van der Waals surface area contributed by atoms with Crippen LogP contribution in [0, 0.1) is 0 Å². The molecule has 1 saturated heterocycles. The highest BCUT2D eigenvalue weighted by atomic mass is 16.1. The Hall–Kier alpha value is -3.95. The summed E-state index contributed by atoms with van der Waals surface area (Å²) in [6.45, 7) is 1.53. The van der Waals surface area contributed by atoms with Gasteiger partial charge in [0.25, 0.3) is 5.91 Å². The van der Waals surface area contributed by atoms with Crippen LogP contribution in [-0.4, -0.2) is 54.8 Å². The van der Waals surface area contributed by atoms with E-state index in [1.165, 1.54) is 12.8 Å². The Morgan fingerprint density at radius 3 is 2.70 bits per heavy atom. The van der Waals surface area contributed by atoms with Crippen molar-refractivity contribution in [3.8, 4) is 0 Å². The number of carbonyl (C=O) groups excluding carboxylic acids is 1. The number of hydrogen-bond donors (Lipinski definition) is 3. The van der Waals surface area contributed by atoms with E-state index in [0.717, 1.165) is 48.8 Å². The predicted molar refractivity (Wildman–Crippen MR) is 124 cm³/mol. The first kappa shape index (κ1) is 19.7. The molecule has 1 amide bonds. The zero-order valence-electron chi connectivity index (χ0n) is 18.1. The maximum Gasteiger partial charge on any atom is 0.251 e. The molecule has 0 aromatic carbocycles. The average Bonchev–Trinajstić information content (AvgIpc) is 3.40. The van der Waals surface area contributed by atoms with Crippen LogP contribution in [0.25, 0.3) is 5.52 Å².